The van der Waals surface area contributed by atoms with Crippen LogP contribution in [0.5, 0.6) is 0 Å². The molecule has 0 spiro atoms. The van der Waals surface area contributed by atoms with Crippen molar-refractivity contribution in [2.24, 2.45) is 0 Å². The van der Waals surface area contributed by atoms with Crippen LogP contribution in [0.15, 0.2) is 72.8 Å². The number of carbonyl (C=O) groups is 1. The molecule has 0 aliphatic carbocycles. The van der Waals surface area contributed by atoms with Gasteiger partial charge in [-0.25, -0.2) is 0 Å². The molecular weight excluding hydrogens is 268 g/mol. The molecule has 0 fully saturated rings. The summed E-state index contributed by atoms with van der Waals surface area (Å²) >= 11 is 0. The van der Waals surface area contributed by atoms with Crippen LogP contribution in [0.1, 0.15) is 48.0 Å². The Morgan fingerprint density at radius 3 is 2.14 bits per heavy atom. The highest BCUT2D eigenvalue weighted by Gasteiger charge is 1.98. The lowest BCUT2D eigenvalue weighted by atomic mass is 10.1. The van der Waals surface area contributed by atoms with Crippen LogP contribution in [-0.2, 0) is 6.42 Å². The highest BCUT2D eigenvalue weighted by molar-refractivity contribution is 6.04. The molecule has 1 nitrogen and oxygen atoms in total. The molecule has 0 atom stereocenters. The summed E-state index contributed by atoms with van der Waals surface area (Å²) < 4.78 is 0. The van der Waals surface area contributed by atoms with Gasteiger partial charge in [-0.3, -0.25) is 4.79 Å². The molecule has 2 aromatic carbocycles. The van der Waals surface area contributed by atoms with Crippen LogP contribution in [-0.4, -0.2) is 5.78 Å². The number of hydrogen-bond donors (Lipinski definition) is 0. The molecule has 114 valence electrons. The fourth-order valence-corrected chi connectivity index (χ4v) is 2.48. The second-order valence-corrected chi connectivity index (χ2v) is 5.57. The smallest absolute Gasteiger partial charge is 0.185 e. The first-order chi connectivity index (χ1) is 10.9. The SMILES string of the molecule is O=C(/C=C/CCCCCCc1ccccc1)c1ccccc1. The molecule has 0 unspecified atom stereocenters. The number of hydrogen-bond acceptors (Lipinski definition) is 1. The summed E-state index contributed by atoms with van der Waals surface area (Å²) in [5.74, 6) is 0.102. The molecular formula is C21H24O. The van der Waals surface area contributed by atoms with Gasteiger partial charge in [-0.05, 0) is 37.3 Å². The van der Waals surface area contributed by atoms with Gasteiger partial charge in [0.15, 0.2) is 5.78 Å². The Kier molecular flexibility index (Phi) is 7.17. The quantitative estimate of drug-likeness (QED) is 0.333. The highest BCUT2D eigenvalue weighted by Crippen LogP contribution is 2.09. The monoisotopic (exact) mass is 292 g/mol. The van der Waals surface area contributed by atoms with Crippen LogP contribution in [0.3, 0.4) is 0 Å². The van der Waals surface area contributed by atoms with Crippen LogP contribution in [0, 0.1) is 0 Å². The summed E-state index contributed by atoms with van der Waals surface area (Å²) in [6, 6.07) is 20.1. The highest BCUT2D eigenvalue weighted by atomic mass is 16.1. The van der Waals surface area contributed by atoms with Crippen molar-refractivity contribution >= 4 is 5.78 Å². The minimum atomic E-state index is 0.102. The van der Waals surface area contributed by atoms with Crippen molar-refractivity contribution in [1.29, 1.82) is 0 Å². The first-order valence-electron chi connectivity index (χ1n) is 8.16. The Morgan fingerprint density at radius 1 is 0.773 bits per heavy atom. The van der Waals surface area contributed by atoms with Crippen molar-refractivity contribution in [2.75, 3.05) is 0 Å². The molecule has 1 heteroatoms. The van der Waals surface area contributed by atoms with Crippen molar-refractivity contribution < 1.29 is 4.79 Å². The van der Waals surface area contributed by atoms with Crippen molar-refractivity contribution in [2.45, 2.75) is 38.5 Å². The lowest BCUT2D eigenvalue weighted by molar-refractivity contribution is 0.104. The minimum Gasteiger partial charge on any atom is -0.289 e. The molecule has 0 bridgehead atoms. The van der Waals surface area contributed by atoms with Gasteiger partial charge in [0.2, 0.25) is 0 Å². The maximum absolute atomic E-state index is 11.8. The molecule has 0 amide bonds. The van der Waals surface area contributed by atoms with E-state index in [2.05, 4.69) is 30.3 Å². The van der Waals surface area contributed by atoms with E-state index in [-0.39, 0.29) is 5.78 Å². The van der Waals surface area contributed by atoms with Crippen LogP contribution in [0.4, 0.5) is 0 Å². The van der Waals surface area contributed by atoms with Gasteiger partial charge in [-0.2, -0.15) is 0 Å². The summed E-state index contributed by atoms with van der Waals surface area (Å²) in [4.78, 5) is 11.8. The third kappa shape index (κ3) is 6.09. The number of rotatable bonds is 9. The molecule has 2 aromatic rings. The zero-order chi connectivity index (χ0) is 15.5. The fourth-order valence-electron chi connectivity index (χ4n) is 2.48. The zero-order valence-electron chi connectivity index (χ0n) is 13.1. The molecule has 0 radical (unpaired) electrons. The molecule has 0 aliphatic rings. The molecule has 0 heterocycles. The number of benzene rings is 2. The largest absolute Gasteiger partial charge is 0.289 e. The third-order valence-electron chi connectivity index (χ3n) is 3.76. The standard InChI is InChI=1S/C21H24O/c22-21(20-16-10-6-11-17-20)18-12-4-2-1-3-7-13-19-14-8-5-9-15-19/h5-6,8-12,14-18H,1-4,7,13H2/b18-12+. The minimum absolute atomic E-state index is 0.102. The van der Waals surface area contributed by atoms with E-state index < -0.39 is 0 Å². The van der Waals surface area contributed by atoms with Gasteiger partial charge < -0.3 is 0 Å². The van der Waals surface area contributed by atoms with Gasteiger partial charge in [-0.15, -0.1) is 0 Å². The molecule has 0 aliphatic heterocycles. The van der Waals surface area contributed by atoms with Crippen molar-refractivity contribution in [3.63, 3.8) is 0 Å². The summed E-state index contributed by atoms with van der Waals surface area (Å²) in [5.41, 5.74) is 2.19. The maximum Gasteiger partial charge on any atom is 0.185 e. The first kappa shape index (κ1) is 16.2. The van der Waals surface area contributed by atoms with Gasteiger partial charge in [0, 0.05) is 5.56 Å². The number of carbonyl (C=O) groups excluding carboxylic acids is 1. The van der Waals surface area contributed by atoms with E-state index >= 15 is 0 Å². The van der Waals surface area contributed by atoms with E-state index in [9.17, 15) is 4.79 Å². The predicted octanol–water partition coefficient (Wildman–Crippen LogP) is 5.62. The molecule has 22 heavy (non-hydrogen) atoms. The van der Waals surface area contributed by atoms with E-state index in [0.717, 1.165) is 18.4 Å². The summed E-state index contributed by atoms with van der Waals surface area (Å²) in [6.45, 7) is 0. The Hall–Kier alpha value is -2.15. The summed E-state index contributed by atoms with van der Waals surface area (Å²) in [7, 11) is 0. The number of aryl methyl sites for hydroxylation is 1. The Morgan fingerprint density at radius 2 is 1.41 bits per heavy atom. The average molecular weight is 292 g/mol. The molecule has 0 N–H and O–H groups in total. The van der Waals surface area contributed by atoms with E-state index in [0.29, 0.717) is 0 Å². The second-order valence-electron chi connectivity index (χ2n) is 5.57. The van der Waals surface area contributed by atoms with Crippen LogP contribution < -0.4 is 0 Å². The average Bonchev–Trinajstić information content (AvgIpc) is 2.59. The van der Waals surface area contributed by atoms with Crippen LogP contribution >= 0.6 is 0 Å². The lowest BCUT2D eigenvalue weighted by Crippen LogP contribution is -1.92. The number of allylic oxidation sites excluding steroid dienone is 2. The fraction of sp³-hybridized carbons (Fsp3) is 0.286. The Bertz CT molecular complexity index is 569. The molecule has 0 saturated carbocycles. The van der Waals surface area contributed by atoms with Gasteiger partial charge in [-0.1, -0.05) is 79.6 Å². The van der Waals surface area contributed by atoms with E-state index in [1.807, 2.05) is 36.4 Å². The van der Waals surface area contributed by atoms with E-state index in [1.54, 1.807) is 6.08 Å². The van der Waals surface area contributed by atoms with Gasteiger partial charge in [0.25, 0.3) is 0 Å². The summed E-state index contributed by atoms with van der Waals surface area (Å²) in [6.07, 6.45) is 10.8. The third-order valence-corrected chi connectivity index (χ3v) is 3.76. The second kappa shape index (κ2) is 9.73. The predicted molar refractivity (Wildman–Crippen MR) is 93.1 cm³/mol. The van der Waals surface area contributed by atoms with E-state index in [4.69, 9.17) is 0 Å². The van der Waals surface area contributed by atoms with Crippen molar-refractivity contribution in [1.82, 2.24) is 0 Å². The van der Waals surface area contributed by atoms with E-state index in [1.165, 1.54) is 31.2 Å². The molecule has 2 rings (SSSR count). The van der Waals surface area contributed by atoms with Gasteiger partial charge in [0.05, 0.1) is 0 Å². The first-order valence-corrected chi connectivity index (χ1v) is 8.16. The maximum atomic E-state index is 11.8. The number of ketones is 1. The van der Waals surface area contributed by atoms with Gasteiger partial charge >= 0.3 is 0 Å². The number of unbranched alkanes of at least 4 members (excludes halogenated alkanes) is 4. The lowest BCUT2D eigenvalue weighted by Gasteiger charge is -2.01. The van der Waals surface area contributed by atoms with Crippen molar-refractivity contribution in [3.05, 3.63) is 83.9 Å². The van der Waals surface area contributed by atoms with Crippen LogP contribution in [0.25, 0.3) is 0 Å². The normalized spacial score (nSPS) is 10.9. The zero-order valence-corrected chi connectivity index (χ0v) is 13.1. The van der Waals surface area contributed by atoms with Gasteiger partial charge in [0.1, 0.15) is 0 Å². The Balaban J connectivity index is 1.54. The molecule has 0 saturated heterocycles. The molecule has 0 aromatic heterocycles. The van der Waals surface area contributed by atoms with Crippen molar-refractivity contribution in [3.8, 4) is 0 Å². The Labute approximate surface area is 133 Å². The van der Waals surface area contributed by atoms with Crippen LogP contribution in [0.2, 0.25) is 0 Å². The topological polar surface area (TPSA) is 17.1 Å². The summed E-state index contributed by atoms with van der Waals surface area (Å²) in [5, 5.41) is 0.